The van der Waals surface area contributed by atoms with Gasteiger partial charge in [-0.1, -0.05) is 60.7 Å². The zero-order valence-corrected chi connectivity index (χ0v) is 19.3. The van der Waals surface area contributed by atoms with E-state index < -0.39 is 0 Å². The van der Waals surface area contributed by atoms with Crippen LogP contribution in [0.3, 0.4) is 0 Å². The van der Waals surface area contributed by atoms with Crippen LogP contribution in [0.1, 0.15) is 49.4 Å². The van der Waals surface area contributed by atoms with Crippen LogP contribution in [0.4, 0.5) is 5.69 Å². The summed E-state index contributed by atoms with van der Waals surface area (Å²) in [5.74, 6) is 0.534. The number of thiazole rings is 1. The standard InChI is InChI=1S/C28H27N3OS/c32-28(30-18-20-7-3-1-4-8-20)22-11-14-24(15-12-22)29-19-27-31-25-16-13-23(17-26(25)33-27)21-9-5-2-6-10-21/h1-12,14-15,23,29H,13,16-19H2,(H,30,32). The summed E-state index contributed by atoms with van der Waals surface area (Å²) in [7, 11) is 0. The molecule has 1 heterocycles. The number of carbonyl (C=O) groups is 1. The number of benzene rings is 3. The number of carbonyl (C=O) groups excluding carboxylic acids is 1. The molecule has 5 heteroatoms. The molecule has 1 aliphatic rings. The molecule has 0 fully saturated rings. The van der Waals surface area contributed by atoms with E-state index in [1.165, 1.54) is 22.6 Å². The van der Waals surface area contributed by atoms with Gasteiger partial charge in [0.2, 0.25) is 0 Å². The summed E-state index contributed by atoms with van der Waals surface area (Å²) in [6.45, 7) is 1.23. The van der Waals surface area contributed by atoms with Crippen molar-refractivity contribution in [1.82, 2.24) is 10.3 Å². The Kier molecular flexibility index (Phi) is 6.49. The Morgan fingerprint density at radius 2 is 1.64 bits per heavy atom. The number of rotatable bonds is 7. The van der Waals surface area contributed by atoms with Gasteiger partial charge in [-0.25, -0.2) is 4.98 Å². The van der Waals surface area contributed by atoms with Crippen LogP contribution in [0.25, 0.3) is 0 Å². The van der Waals surface area contributed by atoms with E-state index >= 15 is 0 Å². The summed E-state index contributed by atoms with van der Waals surface area (Å²) in [6, 6.07) is 28.4. The van der Waals surface area contributed by atoms with Crippen molar-refractivity contribution < 1.29 is 4.79 Å². The summed E-state index contributed by atoms with van der Waals surface area (Å²) in [5, 5.41) is 7.54. The number of hydrogen-bond donors (Lipinski definition) is 2. The van der Waals surface area contributed by atoms with Crippen LogP contribution in [0.5, 0.6) is 0 Å². The minimum Gasteiger partial charge on any atom is -0.379 e. The van der Waals surface area contributed by atoms with E-state index in [0.717, 1.165) is 29.1 Å². The Morgan fingerprint density at radius 1 is 0.909 bits per heavy atom. The van der Waals surface area contributed by atoms with Crippen molar-refractivity contribution in [2.24, 2.45) is 0 Å². The summed E-state index contributed by atoms with van der Waals surface area (Å²) < 4.78 is 0. The summed E-state index contributed by atoms with van der Waals surface area (Å²) in [5.41, 5.74) is 5.45. The molecule has 33 heavy (non-hydrogen) atoms. The van der Waals surface area contributed by atoms with Gasteiger partial charge >= 0.3 is 0 Å². The number of nitrogens with one attached hydrogen (secondary N) is 2. The quantitative estimate of drug-likeness (QED) is 0.363. The van der Waals surface area contributed by atoms with Crippen molar-refractivity contribution >= 4 is 22.9 Å². The molecule has 0 saturated heterocycles. The molecule has 0 bridgehead atoms. The molecule has 1 unspecified atom stereocenters. The maximum Gasteiger partial charge on any atom is 0.251 e. The van der Waals surface area contributed by atoms with Gasteiger partial charge < -0.3 is 10.6 Å². The van der Waals surface area contributed by atoms with Gasteiger partial charge in [0.1, 0.15) is 5.01 Å². The second-order valence-corrected chi connectivity index (χ2v) is 9.60. The maximum absolute atomic E-state index is 12.4. The molecule has 3 aromatic carbocycles. The molecule has 166 valence electrons. The number of hydrogen-bond acceptors (Lipinski definition) is 4. The monoisotopic (exact) mass is 453 g/mol. The highest BCUT2D eigenvalue weighted by molar-refractivity contribution is 7.11. The Morgan fingerprint density at radius 3 is 2.39 bits per heavy atom. The van der Waals surface area contributed by atoms with Gasteiger partial charge in [0.15, 0.2) is 0 Å². The lowest BCUT2D eigenvalue weighted by molar-refractivity contribution is 0.0951. The first kappa shape index (κ1) is 21.4. The van der Waals surface area contributed by atoms with Crippen LogP contribution in [0, 0.1) is 0 Å². The number of anilines is 1. The van der Waals surface area contributed by atoms with Crippen molar-refractivity contribution in [3.05, 3.63) is 117 Å². The Bertz CT molecular complexity index is 1200. The molecule has 0 spiro atoms. The predicted molar refractivity (Wildman–Crippen MR) is 135 cm³/mol. The lowest BCUT2D eigenvalue weighted by atomic mass is 9.85. The first-order valence-corrected chi connectivity index (χ1v) is 12.2. The highest BCUT2D eigenvalue weighted by Gasteiger charge is 2.23. The number of fused-ring (bicyclic) bond motifs is 1. The van der Waals surface area contributed by atoms with Crippen molar-refractivity contribution in [2.45, 2.75) is 38.3 Å². The lowest BCUT2D eigenvalue weighted by Gasteiger charge is -2.21. The second kappa shape index (κ2) is 10.0. The third kappa shape index (κ3) is 5.32. The first-order chi connectivity index (χ1) is 16.2. The molecule has 0 aliphatic heterocycles. The van der Waals surface area contributed by atoms with Gasteiger partial charge in [0.05, 0.1) is 12.2 Å². The Balaban J connectivity index is 1.15. The van der Waals surface area contributed by atoms with Gasteiger partial charge in [-0.2, -0.15) is 0 Å². The van der Waals surface area contributed by atoms with E-state index in [1.807, 2.05) is 65.9 Å². The molecule has 1 aliphatic carbocycles. The molecule has 5 rings (SSSR count). The molecule has 4 nitrogen and oxygen atoms in total. The Hall–Kier alpha value is -3.44. The van der Waals surface area contributed by atoms with E-state index in [2.05, 4.69) is 41.0 Å². The van der Waals surface area contributed by atoms with E-state index in [1.54, 1.807) is 0 Å². The third-order valence-electron chi connectivity index (χ3n) is 6.14. The number of nitrogens with zero attached hydrogens (tertiary/aromatic N) is 1. The van der Waals surface area contributed by atoms with E-state index in [9.17, 15) is 4.79 Å². The second-order valence-electron chi connectivity index (χ2n) is 8.43. The van der Waals surface area contributed by atoms with E-state index in [-0.39, 0.29) is 5.91 Å². The molecule has 2 N–H and O–H groups in total. The zero-order chi connectivity index (χ0) is 22.5. The minimum atomic E-state index is -0.0639. The SMILES string of the molecule is O=C(NCc1ccccc1)c1ccc(NCc2nc3c(s2)CC(c2ccccc2)CC3)cc1. The van der Waals surface area contributed by atoms with E-state index in [4.69, 9.17) is 4.98 Å². The summed E-state index contributed by atoms with van der Waals surface area (Å²) >= 11 is 1.83. The fourth-order valence-corrected chi connectivity index (χ4v) is 5.45. The first-order valence-electron chi connectivity index (χ1n) is 11.4. The van der Waals surface area contributed by atoms with Crippen LogP contribution in [-0.4, -0.2) is 10.9 Å². The molecule has 1 aromatic heterocycles. The largest absolute Gasteiger partial charge is 0.379 e. The molecule has 0 saturated carbocycles. The third-order valence-corrected chi connectivity index (χ3v) is 7.26. The van der Waals surface area contributed by atoms with Crippen LogP contribution < -0.4 is 10.6 Å². The highest BCUT2D eigenvalue weighted by atomic mass is 32.1. The van der Waals surface area contributed by atoms with Crippen molar-refractivity contribution in [2.75, 3.05) is 5.32 Å². The normalized spacial score (nSPS) is 15.0. The molecule has 1 atom stereocenters. The van der Waals surface area contributed by atoms with Gasteiger partial charge in [-0.15, -0.1) is 11.3 Å². The number of amides is 1. The summed E-state index contributed by atoms with van der Waals surface area (Å²) in [6.07, 6.45) is 3.31. The van der Waals surface area contributed by atoms with Crippen LogP contribution in [0.2, 0.25) is 0 Å². The highest BCUT2D eigenvalue weighted by Crippen LogP contribution is 2.35. The number of aromatic nitrogens is 1. The molecule has 1 amide bonds. The van der Waals surface area contributed by atoms with Gasteiger partial charge in [0.25, 0.3) is 5.91 Å². The summed E-state index contributed by atoms with van der Waals surface area (Å²) in [4.78, 5) is 18.7. The maximum atomic E-state index is 12.4. The molecule has 4 aromatic rings. The van der Waals surface area contributed by atoms with Crippen molar-refractivity contribution in [3.63, 3.8) is 0 Å². The van der Waals surface area contributed by atoms with Crippen LogP contribution in [-0.2, 0) is 25.9 Å². The predicted octanol–water partition coefficient (Wildman–Crippen LogP) is 5.96. The topological polar surface area (TPSA) is 54.0 Å². The van der Waals surface area contributed by atoms with Crippen molar-refractivity contribution in [3.8, 4) is 0 Å². The Labute approximate surface area is 198 Å². The van der Waals surface area contributed by atoms with Gasteiger partial charge in [0, 0.05) is 22.7 Å². The minimum absolute atomic E-state index is 0.0639. The fourth-order valence-electron chi connectivity index (χ4n) is 4.31. The molecular formula is C28H27N3OS. The van der Waals surface area contributed by atoms with Crippen molar-refractivity contribution in [1.29, 1.82) is 0 Å². The average molecular weight is 454 g/mol. The number of aryl methyl sites for hydroxylation is 1. The van der Waals surface area contributed by atoms with Crippen LogP contribution >= 0.6 is 11.3 Å². The average Bonchev–Trinajstić information content (AvgIpc) is 3.30. The zero-order valence-electron chi connectivity index (χ0n) is 18.5. The van der Waals surface area contributed by atoms with Gasteiger partial charge in [-0.05, 0) is 60.6 Å². The van der Waals surface area contributed by atoms with Gasteiger partial charge in [-0.3, -0.25) is 4.79 Å². The molecular weight excluding hydrogens is 426 g/mol. The van der Waals surface area contributed by atoms with E-state index in [0.29, 0.717) is 24.6 Å². The van der Waals surface area contributed by atoms with Crippen LogP contribution in [0.15, 0.2) is 84.9 Å². The smallest absolute Gasteiger partial charge is 0.251 e. The fraction of sp³-hybridized carbons (Fsp3) is 0.214. The molecule has 0 radical (unpaired) electrons. The lowest BCUT2D eigenvalue weighted by Crippen LogP contribution is -2.22.